The molecule has 3 unspecified atom stereocenters. The molecule has 9 heteroatoms. The first kappa shape index (κ1) is 19.0. The summed E-state index contributed by atoms with van der Waals surface area (Å²) in [6, 6.07) is 6.40. The monoisotopic (exact) mass is 422 g/mol. The second kappa shape index (κ2) is 6.41. The van der Waals surface area contributed by atoms with Crippen molar-refractivity contribution in [3.05, 3.63) is 24.3 Å². The third-order valence-electron chi connectivity index (χ3n) is 4.62. The molecule has 1 aliphatic carbocycles. The lowest BCUT2D eigenvalue weighted by Crippen LogP contribution is -2.50. The van der Waals surface area contributed by atoms with Gasteiger partial charge in [0.05, 0.1) is 7.11 Å². The third-order valence-corrected chi connectivity index (χ3v) is 6.78. The fourth-order valence-corrected chi connectivity index (χ4v) is 4.56. The number of nitrogens with zero attached hydrogens (tertiary/aromatic N) is 2. The molecule has 0 radical (unpaired) electrons. The zero-order valence-corrected chi connectivity index (χ0v) is 16.7. The van der Waals surface area contributed by atoms with Gasteiger partial charge in [0.2, 0.25) is 5.91 Å². The molecule has 136 valence electrons. The van der Waals surface area contributed by atoms with Gasteiger partial charge in [-0.1, -0.05) is 29.3 Å². The number of anilines is 1. The summed E-state index contributed by atoms with van der Waals surface area (Å²) in [5.74, 6) is -0.0653. The third kappa shape index (κ3) is 3.07. The summed E-state index contributed by atoms with van der Waals surface area (Å²) in [4.78, 5) is 27.1. The van der Waals surface area contributed by atoms with Gasteiger partial charge >= 0.3 is 0 Å². The summed E-state index contributed by atoms with van der Waals surface area (Å²) in [5, 5.41) is -0.369. The van der Waals surface area contributed by atoms with Gasteiger partial charge in [-0.2, -0.15) is 12.6 Å². The van der Waals surface area contributed by atoms with Crippen LogP contribution in [-0.4, -0.2) is 57.9 Å². The smallest absolute Gasteiger partial charge is 0.251 e. The highest BCUT2D eigenvalue weighted by atomic mass is 35.5. The average Bonchev–Trinajstić information content (AvgIpc) is 2.95. The number of halogens is 3. The molecule has 5 nitrogen and oxygen atoms in total. The van der Waals surface area contributed by atoms with Crippen molar-refractivity contribution in [2.75, 3.05) is 25.6 Å². The maximum atomic E-state index is 12.9. The molecule has 0 bridgehead atoms. The minimum absolute atomic E-state index is 0.144. The first-order valence-electron chi connectivity index (χ1n) is 7.60. The maximum absolute atomic E-state index is 12.9. The van der Waals surface area contributed by atoms with Crippen molar-refractivity contribution in [3.8, 4) is 5.75 Å². The molecule has 1 saturated carbocycles. The van der Waals surface area contributed by atoms with Crippen LogP contribution in [-0.2, 0) is 9.59 Å². The van der Waals surface area contributed by atoms with Gasteiger partial charge in [0.15, 0.2) is 4.87 Å². The van der Waals surface area contributed by atoms with E-state index >= 15 is 0 Å². The molecular weight excluding hydrogens is 407 g/mol. The predicted octanol–water partition coefficient (Wildman–Crippen LogP) is 2.72. The van der Waals surface area contributed by atoms with Gasteiger partial charge in [-0.3, -0.25) is 9.59 Å². The molecule has 0 N–H and O–H groups in total. The van der Waals surface area contributed by atoms with E-state index in [1.807, 2.05) is 0 Å². The van der Waals surface area contributed by atoms with Crippen LogP contribution in [0.3, 0.4) is 0 Å². The summed E-state index contributed by atoms with van der Waals surface area (Å²) < 4.78 is 3.89. The Bertz CT molecular complexity index is 732. The first-order valence-corrected chi connectivity index (χ1v) is 9.25. The Balaban J connectivity index is 1.82. The highest BCUT2D eigenvalue weighted by molar-refractivity contribution is 7.81. The molecule has 25 heavy (non-hydrogen) atoms. The number of carbonyl (C=O) groups excluding carboxylic acids is 2. The molecule has 2 aliphatic rings. The van der Waals surface area contributed by atoms with E-state index in [1.54, 1.807) is 36.3 Å². The van der Waals surface area contributed by atoms with Gasteiger partial charge in [-0.05, 0) is 12.1 Å². The van der Waals surface area contributed by atoms with Crippen LogP contribution in [0, 0.1) is 0 Å². The number of likely N-dealkylation sites (N-methyl/N-ethyl adjacent to an activating group) is 1. The molecule has 1 aromatic carbocycles. The maximum Gasteiger partial charge on any atom is 0.251 e. The van der Waals surface area contributed by atoms with Crippen molar-refractivity contribution in [1.82, 2.24) is 4.90 Å². The molecule has 2 fully saturated rings. The summed E-state index contributed by atoms with van der Waals surface area (Å²) in [6.07, 6.45) is 0.144. The summed E-state index contributed by atoms with van der Waals surface area (Å²) >= 11 is 22.7. The zero-order chi connectivity index (χ0) is 18.6. The lowest BCUT2D eigenvalue weighted by Gasteiger charge is -2.28. The number of amides is 2. The molecular formula is C16H17Cl3N2O3S. The van der Waals surface area contributed by atoms with Crippen LogP contribution in [0.15, 0.2) is 24.3 Å². The van der Waals surface area contributed by atoms with Crippen LogP contribution in [0.4, 0.5) is 5.69 Å². The van der Waals surface area contributed by atoms with Crippen molar-refractivity contribution in [2.24, 2.45) is 0 Å². The van der Waals surface area contributed by atoms with Gasteiger partial charge in [0, 0.05) is 37.0 Å². The van der Waals surface area contributed by atoms with E-state index in [0.717, 1.165) is 0 Å². The van der Waals surface area contributed by atoms with Crippen LogP contribution in [0.5, 0.6) is 5.75 Å². The van der Waals surface area contributed by atoms with Crippen molar-refractivity contribution in [3.63, 3.8) is 0 Å². The summed E-state index contributed by atoms with van der Waals surface area (Å²) in [7, 11) is 3.08. The van der Waals surface area contributed by atoms with E-state index in [0.29, 0.717) is 18.0 Å². The van der Waals surface area contributed by atoms with Gasteiger partial charge in [-0.15, -0.1) is 11.6 Å². The van der Waals surface area contributed by atoms with Crippen LogP contribution in [0.25, 0.3) is 0 Å². The molecule has 3 rings (SSSR count). The zero-order valence-electron chi connectivity index (χ0n) is 13.6. The van der Waals surface area contributed by atoms with Crippen molar-refractivity contribution in [2.45, 2.75) is 26.9 Å². The highest BCUT2D eigenvalue weighted by Gasteiger charge is 2.72. The van der Waals surface area contributed by atoms with E-state index in [-0.39, 0.29) is 17.6 Å². The van der Waals surface area contributed by atoms with E-state index in [9.17, 15) is 9.59 Å². The molecule has 1 aromatic rings. The number of hydrogen-bond donors (Lipinski definition) is 1. The number of methoxy groups -OCH3 is 1. The van der Waals surface area contributed by atoms with Crippen molar-refractivity contribution < 1.29 is 14.3 Å². The quantitative estimate of drug-likeness (QED) is 0.598. The molecule has 0 spiro atoms. The number of carbonyl (C=O) groups is 2. The van der Waals surface area contributed by atoms with Gasteiger partial charge in [0.1, 0.15) is 16.1 Å². The molecule has 2 amide bonds. The topological polar surface area (TPSA) is 49.9 Å². The SMILES string of the molecule is COc1cccc(N2CC(S)C(N(C)C(=O)C3(Cl)CC3(Cl)Cl)C2=O)c1. The van der Waals surface area contributed by atoms with Crippen LogP contribution >= 0.6 is 47.4 Å². The molecule has 3 atom stereocenters. The number of rotatable bonds is 4. The van der Waals surface area contributed by atoms with Gasteiger partial charge in [-0.25, -0.2) is 0 Å². The lowest BCUT2D eigenvalue weighted by atomic mass is 10.2. The molecule has 1 heterocycles. The average molecular weight is 424 g/mol. The summed E-state index contributed by atoms with van der Waals surface area (Å²) in [6.45, 7) is 0.361. The Morgan fingerprint density at radius 3 is 2.60 bits per heavy atom. The van der Waals surface area contributed by atoms with E-state index in [2.05, 4.69) is 12.6 Å². The Morgan fingerprint density at radius 1 is 1.40 bits per heavy atom. The van der Waals surface area contributed by atoms with Crippen LogP contribution in [0.1, 0.15) is 6.42 Å². The number of hydrogen-bond acceptors (Lipinski definition) is 4. The molecule has 1 aliphatic heterocycles. The normalized spacial score (nSPS) is 30.3. The minimum atomic E-state index is -1.39. The fourth-order valence-electron chi connectivity index (χ4n) is 3.04. The van der Waals surface area contributed by atoms with Crippen molar-refractivity contribution >= 4 is 64.9 Å². The number of benzene rings is 1. The van der Waals surface area contributed by atoms with Crippen LogP contribution in [0.2, 0.25) is 0 Å². The number of ether oxygens (including phenoxy) is 1. The fraction of sp³-hybridized carbons (Fsp3) is 0.500. The second-order valence-electron chi connectivity index (χ2n) is 6.26. The Labute approximate surface area is 166 Å². The van der Waals surface area contributed by atoms with E-state index < -0.39 is 21.2 Å². The number of thiol groups is 1. The largest absolute Gasteiger partial charge is 0.497 e. The summed E-state index contributed by atoms with van der Waals surface area (Å²) in [5.41, 5.74) is 0.683. The molecule has 1 saturated heterocycles. The first-order chi connectivity index (χ1) is 11.6. The predicted molar refractivity (Wildman–Crippen MR) is 102 cm³/mol. The van der Waals surface area contributed by atoms with E-state index in [4.69, 9.17) is 39.5 Å². The number of alkyl halides is 3. The van der Waals surface area contributed by atoms with Crippen molar-refractivity contribution in [1.29, 1.82) is 0 Å². The van der Waals surface area contributed by atoms with Gasteiger partial charge < -0.3 is 14.5 Å². The minimum Gasteiger partial charge on any atom is -0.497 e. The standard InChI is InChI=1S/C16H17Cl3N2O3S/c1-20(14(23)15(17)8-16(15,18)19)12-11(25)7-21(13(12)22)9-4-3-5-10(6-9)24-2/h3-6,11-12,25H,7-8H2,1-2H3. The van der Waals surface area contributed by atoms with Gasteiger partial charge in [0.25, 0.3) is 5.91 Å². The highest BCUT2D eigenvalue weighted by Crippen LogP contribution is 2.62. The Kier molecular flexibility index (Phi) is 4.86. The van der Waals surface area contributed by atoms with E-state index in [1.165, 1.54) is 11.9 Å². The second-order valence-corrected chi connectivity index (χ2v) is 9.05. The Hall–Kier alpha value is -0.820. The Morgan fingerprint density at radius 2 is 2.04 bits per heavy atom. The van der Waals surface area contributed by atoms with Crippen LogP contribution < -0.4 is 9.64 Å². The molecule has 0 aromatic heterocycles. The lowest BCUT2D eigenvalue weighted by molar-refractivity contribution is -0.136.